The normalized spacial score (nSPS) is 31.2. The monoisotopic (exact) mass is 183 g/mol. The Bertz CT molecular complexity index is 189. The van der Waals surface area contributed by atoms with Gasteiger partial charge in [-0.3, -0.25) is 4.90 Å². The van der Waals surface area contributed by atoms with Gasteiger partial charge in [-0.1, -0.05) is 6.08 Å². The lowest BCUT2D eigenvalue weighted by atomic mass is 10.0. The molecule has 76 valence electrons. The van der Waals surface area contributed by atoms with Gasteiger partial charge in [0, 0.05) is 19.1 Å². The first-order valence-corrected chi connectivity index (χ1v) is 4.99. The second kappa shape index (κ2) is 3.81. The van der Waals surface area contributed by atoms with Crippen molar-refractivity contribution in [2.24, 2.45) is 0 Å². The molecule has 0 radical (unpaired) electrons. The van der Waals surface area contributed by atoms with Gasteiger partial charge in [0.15, 0.2) is 0 Å². The van der Waals surface area contributed by atoms with E-state index in [0.29, 0.717) is 12.1 Å². The van der Waals surface area contributed by atoms with Crippen LogP contribution in [-0.2, 0) is 4.74 Å². The van der Waals surface area contributed by atoms with E-state index < -0.39 is 0 Å². The molecule has 0 aromatic heterocycles. The number of morpholine rings is 1. The van der Waals surface area contributed by atoms with Crippen LogP contribution in [0.5, 0.6) is 0 Å². The summed E-state index contributed by atoms with van der Waals surface area (Å²) >= 11 is 0. The van der Waals surface area contributed by atoms with Crippen LogP contribution in [0.1, 0.15) is 27.7 Å². The number of nitrogens with zero attached hydrogens (tertiary/aromatic N) is 1. The van der Waals surface area contributed by atoms with Gasteiger partial charge in [0.2, 0.25) is 0 Å². The van der Waals surface area contributed by atoms with Crippen molar-refractivity contribution in [3.05, 3.63) is 12.7 Å². The largest absolute Gasteiger partial charge is 0.370 e. The summed E-state index contributed by atoms with van der Waals surface area (Å²) in [4.78, 5) is 2.42. The molecule has 0 aliphatic carbocycles. The fraction of sp³-hybridized carbons (Fsp3) is 0.818. The van der Waals surface area contributed by atoms with Crippen molar-refractivity contribution in [1.29, 1.82) is 0 Å². The predicted molar refractivity (Wildman–Crippen MR) is 55.9 cm³/mol. The molecule has 2 atom stereocenters. The molecule has 1 heterocycles. The van der Waals surface area contributed by atoms with Crippen LogP contribution in [0.15, 0.2) is 12.7 Å². The van der Waals surface area contributed by atoms with Crippen LogP contribution in [0.4, 0.5) is 0 Å². The zero-order chi connectivity index (χ0) is 10.1. The summed E-state index contributed by atoms with van der Waals surface area (Å²) < 4.78 is 5.82. The maximum absolute atomic E-state index is 5.82. The van der Waals surface area contributed by atoms with Crippen LogP contribution in [0.3, 0.4) is 0 Å². The molecule has 0 amide bonds. The van der Waals surface area contributed by atoms with Crippen LogP contribution >= 0.6 is 0 Å². The van der Waals surface area contributed by atoms with E-state index in [1.54, 1.807) is 0 Å². The zero-order valence-electron chi connectivity index (χ0n) is 9.21. The molecule has 1 aliphatic heterocycles. The molecule has 2 heteroatoms. The Labute approximate surface area is 81.6 Å². The lowest BCUT2D eigenvalue weighted by Crippen LogP contribution is -2.54. The Balaban J connectivity index is 2.62. The average Bonchev–Trinajstić information content (AvgIpc) is 1.99. The first-order chi connectivity index (χ1) is 5.94. The summed E-state index contributed by atoms with van der Waals surface area (Å²) in [5.41, 5.74) is -0.0189. The number of hydrogen-bond donors (Lipinski definition) is 0. The SMILES string of the molecule is C=CC(C)N1CC(C)OC(C)(C)C1. The number of rotatable bonds is 2. The van der Waals surface area contributed by atoms with Gasteiger partial charge in [0.25, 0.3) is 0 Å². The number of hydrogen-bond acceptors (Lipinski definition) is 2. The van der Waals surface area contributed by atoms with Crippen molar-refractivity contribution in [3.63, 3.8) is 0 Å². The summed E-state index contributed by atoms with van der Waals surface area (Å²) in [5, 5.41) is 0. The standard InChI is InChI=1S/C11H21NO/c1-6-9(2)12-7-10(3)13-11(4,5)8-12/h6,9-10H,1,7-8H2,2-5H3. The summed E-state index contributed by atoms with van der Waals surface area (Å²) in [7, 11) is 0. The summed E-state index contributed by atoms with van der Waals surface area (Å²) in [6, 6.07) is 0.450. The van der Waals surface area contributed by atoms with Gasteiger partial charge in [-0.2, -0.15) is 0 Å². The van der Waals surface area contributed by atoms with Crippen molar-refractivity contribution in [3.8, 4) is 0 Å². The molecule has 0 N–H and O–H groups in total. The van der Waals surface area contributed by atoms with Crippen LogP contribution in [0, 0.1) is 0 Å². The lowest BCUT2D eigenvalue weighted by molar-refractivity contribution is -0.133. The molecule has 1 fully saturated rings. The number of ether oxygens (including phenoxy) is 1. The van der Waals surface area contributed by atoms with Gasteiger partial charge in [0.05, 0.1) is 11.7 Å². The van der Waals surface area contributed by atoms with Crippen LogP contribution < -0.4 is 0 Å². The van der Waals surface area contributed by atoms with Crippen LogP contribution in [-0.4, -0.2) is 35.7 Å². The zero-order valence-corrected chi connectivity index (χ0v) is 9.21. The van der Waals surface area contributed by atoms with E-state index in [4.69, 9.17) is 4.74 Å². The molecule has 2 nitrogen and oxygen atoms in total. The first-order valence-electron chi connectivity index (χ1n) is 4.99. The Morgan fingerprint density at radius 1 is 1.62 bits per heavy atom. The molecule has 13 heavy (non-hydrogen) atoms. The van der Waals surface area contributed by atoms with E-state index in [-0.39, 0.29) is 5.60 Å². The molecule has 0 spiro atoms. The molecule has 0 bridgehead atoms. The van der Waals surface area contributed by atoms with Gasteiger partial charge in [-0.25, -0.2) is 0 Å². The van der Waals surface area contributed by atoms with E-state index in [2.05, 4.69) is 39.2 Å². The van der Waals surface area contributed by atoms with Gasteiger partial charge < -0.3 is 4.74 Å². The average molecular weight is 183 g/mol. The van der Waals surface area contributed by atoms with Gasteiger partial charge in [0.1, 0.15) is 0 Å². The minimum atomic E-state index is -0.0189. The molecule has 1 saturated heterocycles. The molecule has 1 rings (SSSR count). The highest BCUT2D eigenvalue weighted by atomic mass is 16.5. The van der Waals surface area contributed by atoms with Crippen LogP contribution in [0.2, 0.25) is 0 Å². The fourth-order valence-corrected chi connectivity index (χ4v) is 1.96. The van der Waals surface area contributed by atoms with Crippen molar-refractivity contribution < 1.29 is 4.74 Å². The highest BCUT2D eigenvalue weighted by molar-refractivity contribution is 4.91. The van der Waals surface area contributed by atoms with E-state index in [1.807, 2.05) is 6.08 Å². The molecule has 0 saturated carbocycles. The highest BCUT2D eigenvalue weighted by Gasteiger charge is 2.32. The summed E-state index contributed by atoms with van der Waals surface area (Å²) in [6.45, 7) is 14.4. The predicted octanol–water partition coefficient (Wildman–Crippen LogP) is 2.06. The molecular weight excluding hydrogens is 162 g/mol. The second-order valence-corrected chi connectivity index (χ2v) is 4.59. The molecule has 0 aromatic carbocycles. The van der Waals surface area contributed by atoms with Crippen molar-refractivity contribution >= 4 is 0 Å². The van der Waals surface area contributed by atoms with Gasteiger partial charge in [-0.15, -0.1) is 6.58 Å². The smallest absolute Gasteiger partial charge is 0.0757 e. The molecule has 1 aliphatic rings. The third-order valence-corrected chi connectivity index (χ3v) is 2.51. The molecule has 0 aromatic rings. The highest BCUT2D eigenvalue weighted by Crippen LogP contribution is 2.22. The Morgan fingerprint density at radius 2 is 2.23 bits per heavy atom. The maximum atomic E-state index is 5.82. The lowest BCUT2D eigenvalue weighted by Gasteiger charge is -2.43. The Morgan fingerprint density at radius 3 is 2.69 bits per heavy atom. The van der Waals surface area contributed by atoms with Gasteiger partial charge in [-0.05, 0) is 27.7 Å². The summed E-state index contributed by atoms with van der Waals surface area (Å²) in [5.74, 6) is 0. The van der Waals surface area contributed by atoms with Crippen molar-refractivity contribution in [2.75, 3.05) is 13.1 Å². The fourth-order valence-electron chi connectivity index (χ4n) is 1.96. The Hall–Kier alpha value is -0.340. The minimum Gasteiger partial charge on any atom is -0.370 e. The van der Waals surface area contributed by atoms with Crippen LogP contribution in [0.25, 0.3) is 0 Å². The van der Waals surface area contributed by atoms with Crippen molar-refractivity contribution in [1.82, 2.24) is 4.90 Å². The quantitative estimate of drug-likeness (QED) is 0.608. The molecule has 2 unspecified atom stereocenters. The maximum Gasteiger partial charge on any atom is 0.0757 e. The second-order valence-electron chi connectivity index (χ2n) is 4.59. The third kappa shape index (κ3) is 2.82. The van der Waals surface area contributed by atoms with Gasteiger partial charge >= 0.3 is 0 Å². The topological polar surface area (TPSA) is 12.5 Å². The van der Waals surface area contributed by atoms with E-state index >= 15 is 0 Å². The first kappa shape index (κ1) is 10.7. The van der Waals surface area contributed by atoms with E-state index in [0.717, 1.165) is 13.1 Å². The van der Waals surface area contributed by atoms with Crippen molar-refractivity contribution in [2.45, 2.75) is 45.4 Å². The minimum absolute atomic E-state index is 0.0189. The van der Waals surface area contributed by atoms with E-state index in [9.17, 15) is 0 Å². The Kier molecular flexibility index (Phi) is 3.14. The summed E-state index contributed by atoms with van der Waals surface area (Å²) in [6.07, 6.45) is 2.32. The third-order valence-electron chi connectivity index (χ3n) is 2.51. The van der Waals surface area contributed by atoms with E-state index in [1.165, 1.54) is 0 Å². The molecular formula is C11H21NO.